The van der Waals surface area contributed by atoms with Crippen molar-refractivity contribution in [3.63, 3.8) is 0 Å². The Balaban J connectivity index is 1.85. The molecule has 3 fully saturated rings. The van der Waals surface area contributed by atoms with Crippen LogP contribution in [-0.2, 0) is 23.7 Å². The molecule has 2 heterocycles. The van der Waals surface area contributed by atoms with Gasteiger partial charge < -0.3 is 88.1 Å². The first kappa shape index (κ1) is 33.3. The molecular formula is C22H43N5O13. The third-order valence-corrected chi connectivity index (χ3v) is 7.51. The minimum atomic E-state index is -1.76. The molecule has 18 nitrogen and oxygen atoms in total. The van der Waals surface area contributed by atoms with E-state index in [9.17, 15) is 45.6 Å². The number of hydrogen-bond donors (Lipinski definition) is 13. The maximum absolute atomic E-state index is 12.6. The van der Waals surface area contributed by atoms with E-state index < -0.39 is 110 Å². The lowest BCUT2D eigenvalue weighted by atomic mass is 9.83. The molecule has 2 unspecified atom stereocenters. The van der Waals surface area contributed by atoms with Gasteiger partial charge in [-0.3, -0.25) is 4.79 Å². The maximum atomic E-state index is 12.6. The van der Waals surface area contributed by atoms with Crippen molar-refractivity contribution in [1.29, 1.82) is 0 Å². The molecule has 17 N–H and O–H groups in total. The summed E-state index contributed by atoms with van der Waals surface area (Å²) in [6, 6.07) is -3.45. The van der Waals surface area contributed by atoms with Gasteiger partial charge in [0.05, 0.1) is 18.7 Å². The second-order valence-electron chi connectivity index (χ2n) is 10.3. The van der Waals surface area contributed by atoms with E-state index in [-0.39, 0.29) is 25.9 Å². The fourth-order valence-electron chi connectivity index (χ4n) is 5.07. The molecule has 0 aromatic rings. The third kappa shape index (κ3) is 7.06. The first-order chi connectivity index (χ1) is 18.9. The summed E-state index contributed by atoms with van der Waals surface area (Å²) in [7, 11) is 0. The van der Waals surface area contributed by atoms with E-state index in [1.807, 2.05) is 0 Å². The topological polar surface area (TPSA) is 332 Å². The normalized spacial score (nSPS) is 47.0. The third-order valence-electron chi connectivity index (χ3n) is 7.51. The molecular weight excluding hydrogens is 542 g/mol. The Hall–Kier alpha value is -1.17. The second kappa shape index (κ2) is 14.3. The largest absolute Gasteiger partial charge is 0.394 e. The predicted octanol–water partition coefficient (Wildman–Crippen LogP) is -8.42. The first-order valence-electron chi connectivity index (χ1n) is 13.1. The van der Waals surface area contributed by atoms with Crippen molar-refractivity contribution < 1.29 is 64.6 Å². The number of aliphatic hydroxyl groups excluding tert-OH is 8. The fourth-order valence-corrected chi connectivity index (χ4v) is 5.07. The molecule has 18 heteroatoms. The van der Waals surface area contributed by atoms with Gasteiger partial charge in [0.15, 0.2) is 12.6 Å². The summed E-state index contributed by atoms with van der Waals surface area (Å²) >= 11 is 0. The molecule has 0 aromatic heterocycles. The minimum absolute atomic E-state index is 0.0101. The van der Waals surface area contributed by atoms with Gasteiger partial charge in [-0.2, -0.15) is 0 Å². The van der Waals surface area contributed by atoms with Gasteiger partial charge in [-0.15, -0.1) is 0 Å². The SMILES string of the molecule is NCC[C@H](O)C(=O)N[C@@H]1C[C@H](N)[C@@H](OC2O[C@H](CN)[C@@H](O)[C@H](O)[C@H]2O)[C@H](O)[C@H]1OC1O[C@H](CO)[C@@H](O)[C@H](N)[C@H]1O. The van der Waals surface area contributed by atoms with Gasteiger partial charge in [0, 0.05) is 12.6 Å². The van der Waals surface area contributed by atoms with E-state index in [2.05, 4.69) is 5.32 Å². The molecule has 2 saturated heterocycles. The van der Waals surface area contributed by atoms with Crippen molar-refractivity contribution >= 4 is 5.91 Å². The lowest BCUT2D eigenvalue weighted by Crippen LogP contribution is -2.69. The monoisotopic (exact) mass is 585 g/mol. The van der Waals surface area contributed by atoms with E-state index in [0.717, 1.165) is 0 Å². The fraction of sp³-hybridized carbons (Fsp3) is 0.955. The molecule has 1 aliphatic carbocycles. The number of carbonyl (C=O) groups excluding carboxylic acids is 1. The number of amides is 1. The van der Waals surface area contributed by atoms with Crippen LogP contribution in [0.1, 0.15) is 12.8 Å². The van der Waals surface area contributed by atoms with Crippen LogP contribution in [0.25, 0.3) is 0 Å². The Labute approximate surface area is 229 Å². The highest BCUT2D eigenvalue weighted by atomic mass is 16.7. The van der Waals surface area contributed by atoms with Gasteiger partial charge in [0.25, 0.3) is 0 Å². The highest BCUT2D eigenvalue weighted by Crippen LogP contribution is 2.32. The molecule has 3 aliphatic rings. The zero-order chi connectivity index (χ0) is 29.9. The molecule has 0 radical (unpaired) electrons. The number of carbonyl (C=O) groups is 1. The van der Waals surface area contributed by atoms with Crippen molar-refractivity contribution in [1.82, 2.24) is 5.32 Å². The van der Waals surface area contributed by atoms with E-state index in [0.29, 0.717) is 0 Å². The van der Waals surface area contributed by atoms with E-state index >= 15 is 0 Å². The maximum Gasteiger partial charge on any atom is 0.249 e. The van der Waals surface area contributed by atoms with Crippen LogP contribution in [0.4, 0.5) is 0 Å². The first-order valence-corrected chi connectivity index (χ1v) is 13.1. The molecule has 3 rings (SSSR count). The Morgan fingerprint density at radius 1 is 0.850 bits per heavy atom. The van der Waals surface area contributed by atoms with Crippen molar-refractivity contribution in [2.45, 2.75) is 111 Å². The number of nitrogens with one attached hydrogen (secondary N) is 1. The van der Waals surface area contributed by atoms with Crippen LogP contribution in [0.15, 0.2) is 0 Å². The summed E-state index contributed by atoms with van der Waals surface area (Å²) in [5, 5.41) is 84.9. The average molecular weight is 586 g/mol. The van der Waals surface area contributed by atoms with E-state index in [1.165, 1.54) is 0 Å². The van der Waals surface area contributed by atoms with E-state index in [4.69, 9.17) is 41.9 Å². The van der Waals surface area contributed by atoms with Crippen LogP contribution in [0.3, 0.4) is 0 Å². The van der Waals surface area contributed by atoms with Crippen molar-refractivity contribution in [2.75, 3.05) is 19.7 Å². The Morgan fingerprint density at radius 3 is 2.05 bits per heavy atom. The van der Waals surface area contributed by atoms with Gasteiger partial charge in [0.2, 0.25) is 5.91 Å². The van der Waals surface area contributed by atoms with Crippen LogP contribution < -0.4 is 28.3 Å². The summed E-state index contributed by atoms with van der Waals surface area (Å²) in [5.74, 6) is -0.845. The number of hydrogen-bond acceptors (Lipinski definition) is 17. The van der Waals surface area contributed by atoms with Crippen LogP contribution in [0, 0.1) is 0 Å². The quantitative estimate of drug-likeness (QED) is 0.113. The molecule has 0 aromatic carbocycles. The molecule has 0 spiro atoms. The average Bonchev–Trinajstić information content (AvgIpc) is 2.92. The van der Waals surface area contributed by atoms with Crippen molar-refractivity contribution in [3.8, 4) is 0 Å². The summed E-state index contributed by atoms with van der Waals surface area (Å²) in [6.45, 7) is -0.898. The lowest BCUT2D eigenvalue weighted by molar-refractivity contribution is -0.332. The molecule has 16 atom stereocenters. The smallest absolute Gasteiger partial charge is 0.249 e. The van der Waals surface area contributed by atoms with Crippen LogP contribution >= 0.6 is 0 Å². The molecule has 2 aliphatic heterocycles. The van der Waals surface area contributed by atoms with Crippen LogP contribution in [0.5, 0.6) is 0 Å². The standard InChI is InChI=1S/C22H43N5O13/c23-2-1-8(29)20(36)27-7-3-6(25)18(39-22-16(34)15(33)13(31)9(4-24)37-22)17(35)19(7)40-21-14(32)11(26)12(30)10(5-28)38-21/h6-19,21-22,28-35H,1-5,23-26H2,(H,27,36)/t6-,7+,8-,9+,10+,11-,12+,13+,14+,15-,16+,17-,18+,19-,21?,22?/m0/s1. The predicted molar refractivity (Wildman–Crippen MR) is 131 cm³/mol. The Kier molecular flexibility index (Phi) is 11.9. The molecule has 234 valence electrons. The summed E-state index contributed by atoms with van der Waals surface area (Å²) in [6.07, 6.45) is -19.8. The van der Waals surface area contributed by atoms with Gasteiger partial charge in [-0.1, -0.05) is 0 Å². The number of ether oxygens (including phenoxy) is 4. The van der Waals surface area contributed by atoms with Gasteiger partial charge in [-0.05, 0) is 19.4 Å². The summed E-state index contributed by atoms with van der Waals surface area (Å²) in [5.41, 5.74) is 23.1. The zero-order valence-electron chi connectivity index (χ0n) is 21.7. The molecule has 1 saturated carbocycles. The summed E-state index contributed by atoms with van der Waals surface area (Å²) in [4.78, 5) is 12.6. The number of nitrogens with two attached hydrogens (primary N) is 4. The highest BCUT2D eigenvalue weighted by molar-refractivity contribution is 5.80. The number of aliphatic hydroxyl groups is 8. The highest BCUT2D eigenvalue weighted by Gasteiger charge is 2.52. The summed E-state index contributed by atoms with van der Waals surface area (Å²) < 4.78 is 22.5. The number of rotatable bonds is 10. The molecule has 1 amide bonds. The Bertz CT molecular complexity index is 815. The minimum Gasteiger partial charge on any atom is -0.394 e. The van der Waals surface area contributed by atoms with E-state index in [1.54, 1.807) is 0 Å². The van der Waals surface area contributed by atoms with Crippen LogP contribution in [0.2, 0.25) is 0 Å². The van der Waals surface area contributed by atoms with Gasteiger partial charge in [-0.25, -0.2) is 0 Å². The molecule has 0 bridgehead atoms. The zero-order valence-corrected chi connectivity index (χ0v) is 21.7. The van der Waals surface area contributed by atoms with Crippen molar-refractivity contribution in [2.24, 2.45) is 22.9 Å². The second-order valence-corrected chi connectivity index (χ2v) is 10.3. The van der Waals surface area contributed by atoms with Crippen LogP contribution in [-0.4, -0.2) is 164 Å². The van der Waals surface area contributed by atoms with Gasteiger partial charge in [0.1, 0.15) is 67.1 Å². The lowest BCUT2D eigenvalue weighted by Gasteiger charge is -2.49. The molecule has 40 heavy (non-hydrogen) atoms. The Morgan fingerprint density at radius 2 is 1.45 bits per heavy atom. The van der Waals surface area contributed by atoms with Crippen molar-refractivity contribution in [3.05, 3.63) is 0 Å². The van der Waals surface area contributed by atoms with Gasteiger partial charge >= 0.3 is 0 Å².